The molecule has 0 unspecified atom stereocenters. The number of carbonyl (C=O) groups is 5. The van der Waals surface area contributed by atoms with Gasteiger partial charge in [-0.1, -0.05) is 6.07 Å². The van der Waals surface area contributed by atoms with Crippen LogP contribution in [0.15, 0.2) is 18.2 Å². The van der Waals surface area contributed by atoms with Gasteiger partial charge in [-0.3, -0.25) is 39.5 Å². The van der Waals surface area contributed by atoms with E-state index in [0.29, 0.717) is 4.90 Å². The van der Waals surface area contributed by atoms with Crippen LogP contribution >= 0.6 is 0 Å². The predicted molar refractivity (Wildman–Crippen MR) is 95.8 cm³/mol. The van der Waals surface area contributed by atoms with Gasteiger partial charge in [0.15, 0.2) is 6.61 Å². The normalized spacial score (nSPS) is 13.0. The van der Waals surface area contributed by atoms with Gasteiger partial charge >= 0.3 is 12.0 Å². The van der Waals surface area contributed by atoms with Crippen LogP contribution in [0.2, 0.25) is 0 Å². The quantitative estimate of drug-likeness (QED) is 0.306. The largest absolute Gasteiger partial charge is 0.454 e. The summed E-state index contributed by atoms with van der Waals surface area (Å²) in [5.41, 5.74) is -1.75. The van der Waals surface area contributed by atoms with Crippen molar-refractivity contribution in [3.8, 4) is 0 Å². The Bertz CT molecular complexity index is 918. The maximum absolute atomic E-state index is 12.3. The lowest BCUT2D eigenvalue weighted by Crippen LogP contribution is -2.49. The molecule has 1 heterocycles. The zero-order chi connectivity index (χ0) is 21.9. The molecule has 1 aliphatic heterocycles. The highest BCUT2D eigenvalue weighted by molar-refractivity contribution is 6.24. The fraction of sp³-hybridized carbons (Fsp3) is 0.353. The average Bonchev–Trinajstić information content (AvgIpc) is 2.83. The Morgan fingerprint density at radius 3 is 2.41 bits per heavy atom. The third-order valence-electron chi connectivity index (χ3n) is 3.57. The SMILES string of the molecule is CC(C)(C)NC(=O)NC(=O)COC(=O)CN1C(=O)c2cccc([N+](=O)[O-])c2C1=O. The number of hydrogen-bond donors (Lipinski definition) is 2. The third kappa shape index (κ3) is 5.12. The van der Waals surface area contributed by atoms with E-state index in [0.717, 1.165) is 6.07 Å². The van der Waals surface area contributed by atoms with E-state index in [1.807, 2.05) is 5.32 Å². The molecule has 0 aromatic heterocycles. The van der Waals surface area contributed by atoms with Crippen LogP contribution in [-0.2, 0) is 14.3 Å². The number of nitrogens with one attached hydrogen (secondary N) is 2. The maximum Gasteiger partial charge on any atom is 0.326 e. The van der Waals surface area contributed by atoms with E-state index in [4.69, 9.17) is 0 Å². The number of ether oxygens (including phenoxy) is 1. The van der Waals surface area contributed by atoms with Crippen LogP contribution in [0.3, 0.4) is 0 Å². The molecule has 0 saturated carbocycles. The van der Waals surface area contributed by atoms with Gasteiger partial charge in [-0.25, -0.2) is 4.79 Å². The van der Waals surface area contributed by atoms with Gasteiger partial charge in [0.1, 0.15) is 12.1 Å². The molecule has 0 saturated heterocycles. The van der Waals surface area contributed by atoms with E-state index in [1.165, 1.54) is 12.1 Å². The number of carbonyl (C=O) groups excluding carboxylic acids is 5. The van der Waals surface area contributed by atoms with Crippen LogP contribution in [0.5, 0.6) is 0 Å². The first-order valence-corrected chi connectivity index (χ1v) is 8.32. The van der Waals surface area contributed by atoms with Crippen LogP contribution in [-0.4, -0.2) is 58.2 Å². The second-order valence-corrected chi connectivity index (χ2v) is 7.07. The van der Waals surface area contributed by atoms with E-state index in [-0.39, 0.29) is 5.56 Å². The molecule has 12 heteroatoms. The number of benzene rings is 1. The minimum Gasteiger partial charge on any atom is -0.454 e. The summed E-state index contributed by atoms with van der Waals surface area (Å²) in [5.74, 6) is -3.92. The van der Waals surface area contributed by atoms with E-state index >= 15 is 0 Å². The maximum atomic E-state index is 12.3. The Labute approximate surface area is 164 Å². The lowest BCUT2D eigenvalue weighted by atomic mass is 10.1. The van der Waals surface area contributed by atoms with E-state index in [9.17, 15) is 34.1 Å². The number of hydrogen-bond acceptors (Lipinski definition) is 8. The van der Waals surface area contributed by atoms with Gasteiger partial charge < -0.3 is 10.1 Å². The molecule has 0 fully saturated rings. The monoisotopic (exact) mass is 406 g/mol. The summed E-state index contributed by atoms with van der Waals surface area (Å²) < 4.78 is 4.66. The fourth-order valence-electron chi connectivity index (χ4n) is 2.47. The second kappa shape index (κ2) is 8.04. The highest BCUT2D eigenvalue weighted by Crippen LogP contribution is 2.30. The molecule has 1 aliphatic rings. The Hall–Kier alpha value is -3.83. The number of nitro benzene ring substituents is 1. The lowest BCUT2D eigenvalue weighted by molar-refractivity contribution is -0.385. The van der Waals surface area contributed by atoms with Crippen molar-refractivity contribution in [3.05, 3.63) is 39.4 Å². The van der Waals surface area contributed by atoms with Gasteiger partial charge in [0.05, 0.1) is 10.5 Å². The summed E-state index contributed by atoms with van der Waals surface area (Å²) in [4.78, 5) is 70.4. The minimum absolute atomic E-state index is 0.200. The molecule has 1 aromatic carbocycles. The van der Waals surface area contributed by atoms with Gasteiger partial charge in [0, 0.05) is 11.6 Å². The zero-order valence-electron chi connectivity index (χ0n) is 15.8. The van der Waals surface area contributed by atoms with Crippen molar-refractivity contribution >= 4 is 35.4 Å². The van der Waals surface area contributed by atoms with Crippen molar-refractivity contribution in [1.29, 1.82) is 0 Å². The van der Waals surface area contributed by atoms with Crippen molar-refractivity contribution in [1.82, 2.24) is 15.5 Å². The summed E-state index contributed by atoms with van der Waals surface area (Å²) in [6, 6.07) is 2.76. The molecule has 29 heavy (non-hydrogen) atoms. The first-order valence-electron chi connectivity index (χ1n) is 8.32. The van der Waals surface area contributed by atoms with Crippen molar-refractivity contribution in [2.45, 2.75) is 26.3 Å². The van der Waals surface area contributed by atoms with Gasteiger partial charge in [0.25, 0.3) is 23.4 Å². The molecule has 5 amide bonds. The van der Waals surface area contributed by atoms with Crippen LogP contribution in [0.1, 0.15) is 41.5 Å². The molecule has 0 spiro atoms. The van der Waals surface area contributed by atoms with Gasteiger partial charge in [-0.15, -0.1) is 0 Å². The van der Waals surface area contributed by atoms with Crippen molar-refractivity contribution in [3.63, 3.8) is 0 Å². The van der Waals surface area contributed by atoms with Crippen molar-refractivity contribution in [2.75, 3.05) is 13.2 Å². The molecule has 0 bridgehead atoms. The predicted octanol–water partition coefficient (Wildman–Crippen LogP) is 0.358. The summed E-state index contributed by atoms with van der Waals surface area (Å²) in [7, 11) is 0. The fourth-order valence-corrected chi connectivity index (χ4v) is 2.47. The molecule has 154 valence electrons. The summed E-state index contributed by atoms with van der Waals surface area (Å²) in [5, 5.41) is 15.5. The van der Waals surface area contributed by atoms with Gasteiger partial charge in [-0.05, 0) is 26.8 Å². The van der Waals surface area contributed by atoms with Crippen LogP contribution < -0.4 is 10.6 Å². The number of amides is 5. The Kier molecular flexibility index (Phi) is 5.95. The number of nitro groups is 1. The lowest BCUT2D eigenvalue weighted by Gasteiger charge is -2.20. The smallest absolute Gasteiger partial charge is 0.326 e. The summed E-state index contributed by atoms with van der Waals surface area (Å²) in [6.07, 6.45) is 0. The van der Waals surface area contributed by atoms with Crippen LogP contribution in [0.4, 0.5) is 10.5 Å². The van der Waals surface area contributed by atoms with Crippen molar-refractivity contribution < 1.29 is 33.6 Å². The Morgan fingerprint density at radius 2 is 1.83 bits per heavy atom. The van der Waals surface area contributed by atoms with Gasteiger partial charge in [0.2, 0.25) is 0 Å². The molecule has 0 atom stereocenters. The molecule has 0 radical (unpaired) electrons. The first-order chi connectivity index (χ1) is 13.4. The Morgan fingerprint density at radius 1 is 1.17 bits per heavy atom. The number of rotatable bonds is 5. The van der Waals surface area contributed by atoms with Gasteiger partial charge in [-0.2, -0.15) is 0 Å². The highest BCUT2D eigenvalue weighted by Gasteiger charge is 2.42. The van der Waals surface area contributed by atoms with Crippen LogP contribution in [0.25, 0.3) is 0 Å². The molecule has 2 rings (SSSR count). The van der Waals surface area contributed by atoms with Crippen molar-refractivity contribution in [2.24, 2.45) is 0 Å². The van der Waals surface area contributed by atoms with E-state index < -0.39 is 64.6 Å². The minimum atomic E-state index is -1.10. The third-order valence-corrected chi connectivity index (χ3v) is 3.57. The Balaban J connectivity index is 1.95. The molecule has 2 N–H and O–H groups in total. The summed E-state index contributed by atoms with van der Waals surface area (Å²) in [6.45, 7) is 3.43. The number of esters is 1. The van der Waals surface area contributed by atoms with E-state index in [2.05, 4.69) is 10.1 Å². The average molecular weight is 406 g/mol. The number of nitrogens with zero attached hydrogens (tertiary/aromatic N) is 2. The molecular formula is C17H18N4O8. The topological polar surface area (TPSA) is 165 Å². The molecule has 0 aliphatic carbocycles. The molecular weight excluding hydrogens is 388 g/mol. The number of fused-ring (bicyclic) bond motifs is 1. The molecule has 12 nitrogen and oxygen atoms in total. The first kappa shape index (κ1) is 21.5. The number of urea groups is 1. The van der Waals surface area contributed by atoms with E-state index in [1.54, 1.807) is 20.8 Å². The standard InChI is InChI=1S/C17H18N4O8/c1-17(2,3)19-16(26)18-11(22)8-29-12(23)7-20-14(24)9-5-4-6-10(21(27)28)13(9)15(20)25/h4-6H,7-8H2,1-3H3,(H2,18,19,22,26). The second-order valence-electron chi connectivity index (χ2n) is 7.07. The number of imide groups is 2. The summed E-state index contributed by atoms with van der Waals surface area (Å²) >= 11 is 0. The highest BCUT2D eigenvalue weighted by atomic mass is 16.6. The molecule has 1 aromatic rings. The zero-order valence-corrected chi connectivity index (χ0v) is 15.8. The van der Waals surface area contributed by atoms with Crippen LogP contribution in [0, 0.1) is 10.1 Å².